The van der Waals surface area contributed by atoms with Crippen LogP contribution in [0.5, 0.6) is 5.75 Å². The molecule has 20 heteroatoms. The average molecular weight is 812 g/mol. The summed E-state index contributed by atoms with van der Waals surface area (Å²) in [5.41, 5.74) is 6.49. The molecule has 0 bridgehead atoms. The van der Waals surface area contributed by atoms with E-state index in [1.165, 1.54) is 43.1 Å². The van der Waals surface area contributed by atoms with E-state index in [0.717, 1.165) is 44.9 Å². The number of hydrogen-bond acceptors (Lipinski definition) is 14. The number of aliphatic hydroxyl groups is 1. The number of rotatable bonds is 30. The lowest BCUT2D eigenvalue weighted by Gasteiger charge is -2.28. The first-order valence-electron chi connectivity index (χ1n) is 19.3. The van der Waals surface area contributed by atoms with Gasteiger partial charge < -0.3 is 36.1 Å². The van der Waals surface area contributed by atoms with Gasteiger partial charge >= 0.3 is 11.9 Å². The fourth-order valence-electron chi connectivity index (χ4n) is 5.66. The summed E-state index contributed by atoms with van der Waals surface area (Å²) in [4.78, 5) is 75.9. The number of benzene rings is 1. The van der Waals surface area contributed by atoms with Crippen LogP contribution in [0.3, 0.4) is 0 Å². The molecule has 0 aliphatic heterocycles. The highest BCUT2D eigenvalue weighted by molar-refractivity contribution is 5.93. The van der Waals surface area contributed by atoms with Crippen molar-refractivity contribution in [1.29, 1.82) is 5.41 Å². The lowest BCUT2D eigenvalue weighted by atomic mass is 9.96. The largest absolute Gasteiger partial charge is 0.507 e. The van der Waals surface area contributed by atoms with Gasteiger partial charge in [0.1, 0.15) is 36.1 Å². The minimum absolute atomic E-state index is 0.0283. The number of ether oxygens (including phenoxy) is 2. The molecule has 0 radical (unpaired) electrons. The Labute approximate surface area is 332 Å². The number of phenols is 1. The van der Waals surface area contributed by atoms with Gasteiger partial charge in [-0.1, -0.05) is 77.3 Å². The van der Waals surface area contributed by atoms with Gasteiger partial charge in [-0.2, -0.15) is 0 Å². The third-order valence-electron chi connectivity index (χ3n) is 9.12. The van der Waals surface area contributed by atoms with Gasteiger partial charge in [0, 0.05) is 13.1 Å². The van der Waals surface area contributed by atoms with Crippen LogP contribution < -0.4 is 21.8 Å². The maximum Gasteiger partial charge on any atom is 0.342 e. The Morgan fingerprint density at radius 1 is 0.842 bits per heavy atom. The molecule has 4 amide bonds. The van der Waals surface area contributed by atoms with Crippen molar-refractivity contribution in [3.05, 3.63) is 29.8 Å². The second-order valence-corrected chi connectivity index (χ2v) is 13.7. The molecule has 0 saturated carbocycles. The number of guanidine groups is 1. The summed E-state index contributed by atoms with van der Waals surface area (Å²) in [6, 6.07) is 2.70. The van der Waals surface area contributed by atoms with Gasteiger partial charge in [-0.15, -0.1) is 0 Å². The molecule has 0 fully saturated rings. The van der Waals surface area contributed by atoms with Crippen LogP contribution in [0, 0.1) is 11.3 Å². The third kappa shape index (κ3) is 20.1. The van der Waals surface area contributed by atoms with Gasteiger partial charge in [0.05, 0.1) is 5.92 Å². The second kappa shape index (κ2) is 28.4. The molecule has 1 aromatic carbocycles. The van der Waals surface area contributed by atoms with Crippen LogP contribution >= 0.6 is 0 Å². The van der Waals surface area contributed by atoms with Gasteiger partial charge in [-0.25, -0.2) is 25.2 Å². The summed E-state index contributed by atoms with van der Waals surface area (Å²) in [7, 11) is 0. The first-order valence-corrected chi connectivity index (χ1v) is 19.3. The molecule has 0 spiro atoms. The van der Waals surface area contributed by atoms with Crippen LogP contribution in [0.4, 0.5) is 0 Å². The maximum atomic E-state index is 13.7. The fraction of sp³-hybridized carbons (Fsp3) is 0.649. The molecule has 322 valence electrons. The van der Waals surface area contributed by atoms with Crippen molar-refractivity contribution in [3.8, 4) is 5.75 Å². The minimum Gasteiger partial charge on any atom is -0.507 e. The Bertz CT molecular complexity index is 1420. The van der Waals surface area contributed by atoms with Crippen molar-refractivity contribution in [2.45, 2.75) is 128 Å². The summed E-state index contributed by atoms with van der Waals surface area (Å²) in [5.74, 6) is -6.96. The molecule has 1 rings (SSSR count). The highest BCUT2D eigenvalue weighted by Crippen LogP contribution is 2.20. The Hall–Kier alpha value is -5.05. The van der Waals surface area contributed by atoms with E-state index in [-0.39, 0.29) is 62.9 Å². The number of nitrogens with zero attached hydrogens (tertiary/aromatic N) is 2. The van der Waals surface area contributed by atoms with E-state index < -0.39 is 72.4 Å². The first-order chi connectivity index (χ1) is 27.2. The number of aromatic hydroxyl groups is 1. The van der Waals surface area contributed by atoms with E-state index in [9.17, 15) is 54.6 Å². The normalized spacial score (nSPS) is 13.5. The lowest BCUT2D eigenvalue weighted by molar-refractivity contribution is -0.159. The molecule has 11 N–H and O–H groups in total. The number of hydrogen-bond donors (Lipinski definition) is 10. The Balaban J connectivity index is 3.16. The van der Waals surface area contributed by atoms with E-state index >= 15 is 0 Å². The lowest BCUT2D eigenvalue weighted by Crippen LogP contribution is -2.51. The molecule has 0 aliphatic rings. The molecule has 0 heterocycles. The topological polar surface area (TPSA) is 314 Å². The summed E-state index contributed by atoms with van der Waals surface area (Å²) >= 11 is 0. The number of para-hydroxylation sites is 1. The van der Waals surface area contributed by atoms with Crippen molar-refractivity contribution in [2.24, 2.45) is 11.7 Å². The zero-order chi connectivity index (χ0) is 42.8. The Morgan fingerprint density at radius 2 is 1.42 bits per heavy atom. The molecule has 1 aromatic rings. The summed E-state index contributed by atoms with van der Waals surface area (Å²) in [5, 5.41) is 61.8. The van der Waals surface area contributed by atoms with E-state index in [4.69, 9.17) is 20.6 Å². The zero-order valence-electron chi connectivity index (χ0n) is 32.8. The van der Waals surface area contributed by atoms with Crippen LogP contribution in [0.2, 0.25) is 0 Å². The number of aliphatic hydroxyl groups excluding tert-OH is 1. The van der Waals surface area contributed by atoms with Gasteiger partial charge in [-0.05, 0) is 50.7 Å². The van der Waals surface area contributed by atoms with Crippen LogP contribution in [-0.4, -0.2) is 122 Å². The SMILES string of the molecule is CCCCCCCCCCC[C@@H](OC(=O)[C@@H](CCCN(O)C=O)NC(=O)[C@H](O)COC(=O)c1ccccc1O)[C@H](C)C(=O)N[C@H](CCCN(O)C(=N)N)C(=O)NO. The van der Waals surface area contributed by atoms with Gasteiger partial charge in [0.2, 0.25) is 18.3 Å². The zero-order valence-corrected chi connectivity index (χ0v) is 32.8. The van der Waals surface area contributed by atoms with Crippen molar-refractivity contribution < 1.29 is 64.1 Å². The smallest absolute Gasteiger partial charge is 0.342 e. The van der Waals surface area contributed by atoms with Crippen LogP contribution in [0.25, 0.3) is 0 Å². The quantitative estimate of drug-likeness (QED) is 0.0101. The van der Waals surface area contributed by atoms with Gasteiger partial charge in [-0.3, -0.25) is 40.2 Å². The van der Waals surface area contributed by atoms with Gasteiger partial charge in [0.15, 0.2) is 6.10 Å². The monoisotopic (exact) mass is 811 g/mol. The molecule has 0 aliphatic carbocycles. The third-order valence-corrected chi connectivity index (χ3v) is 9.12. The average Bonchev–Trinajstić information content (AvgIpc) is 3.19. The van der Waals surface area contributed by atoms with E-state index in [2.05, 4.69) is 17.6 Å². The number of carbonyl (C=O) groups excluding carboxylic acids is 6. The van der Waals surface area contributed by atoms with E-state index in [0.29, 0.717) is 16.5 Å². The predicted molar refractivity (Wildman–Crippen MR) is 203 cm³/mol. The molecule has 5 atom stereocenters. The van der Waals surface area contributed by atoms with Crippen molar-refractivity contribution in [2.75, 3.05) is 19.7 Å². The molecular formula is C37H61N7O13. The highest BCUT2D eigenvalue weighted by atomic mass is 16.6. The van der Waals surface area contributed by atoms with Crippen LogP contribution in [0.1, 0.15) is 114 Å². The number of amides is 4. The number of hydroxylamine groups is 5. The summed E-state index contributed by atoms with van der Waals surface area (Å²) in [6.45, 7) is 2.37. The first kappa shape index (κ1) is 50.0. The Kier molecular flexibility index (Phi) is 24.9. The Morgan fingerprint density at radius 3 is 2.02 bits per heavy atom. The van der Waals surface area contributed by atoms with Crippen LogP contribution in [0.15, 0.2) is 24.3 Å². The standard InChI is InChI=1S/C37H61N7O13/c1-3-4-5-6-7-8-9-10-11-20-31(25(2)32(48)40-27(33(49)42-53)17-15-22-44(55)37(38)39)57-36(52)28(18-14-21-43(54)24-45)41-34(50)30(47)23-56-35(51)26-16-12-13-19-29(26)46/h12-13,16,19,24-25,27-28,30-31,46-47,53-55H,3-11,14-15,17-18,20-23H2,1-2H3,(H3,38,39)(H,40,48)(H,41,50)(H,42,49)/t25-,27+,28+,30+,31+/m0/s1. The van der Waals surface area contributed by atoms with Crippen molar-refractivity contribution in [1.82, 2.24) is 26.2 Å². The fourth-order valence-corrected chi connectivity index (χ4v) is 5.66. The molecule has 20 nitrogen and oxygen atoms in total. The maximum absolute atomic E-state index is 13.7. The summed E-state index contributed by atoms with van der Waals surface area (Å²) in [6.07, 6.45) is 5.89. The van der Waals surface area contributed by atoms with Crippen molar-refractivity contribution >= 4 is 42.0 Å². The molecular weight excluding hydrogens is 750 g/mol. The van der Waals surface area contributed by atoms with Gasteiger partial charge in [0.25, 0.3) is 11.8 Å². The van der Waals surface area contributed by atoms with E-state index in [1.807, 2.05) is 0 Å². The van der Waals surface area contributed by atoms with E-state index in [1.54, 1.807) is 0 Å². The molecule has 0 aromatic heterocycles. The number of phenolic OH excluding ortho intramolecular Hbond substituents is 1. The number of unbranched alkanes of at least 4 members (excludes halogenated alkanes) is 8. The highest BCUT2D eigenvalue weighted by Gasteiger charge is 2.34. The minimum atomic E-state index is -1.97. The predicted octanol–water partition coefficient (Wildman–Crippen LogP) is 1.85. The second-order valence-electron chi connectivity index (χ2n) is 13.7. The number of esters is 2. The molecule has 0 saturated heterocycles. The van der Waals surface area contributed by atoms with Crippen LogP contribution in [-0.2, 0) is 33.4 Å². The number of carbonyl (C=O) groups is 6. The number of nitrogens with one attached hydrogen (secondary N) is 4. The van der Waals surface area contributed by atoms with Crippen molar-refractivity contribution in [3.63, 3.8) is 0 Å². The summed E-state index contributed by atoms with van der Waals surface area (Å²) < 4.78 is 10.8. The molecule has 0 unspecified atom stereocenters. The number of nitrogens with two attached hydrogens (primary N) is 1. The molecule has 57 heavy (non-hydrogen) atoms.